The van der Waals surface area contributed by atoms with E-state index in [-0.39, 0.29) is 0 Å². The van der Waals surface area contributed by atoms with E-state index in [0.717, 1.165) is 43.0 Å². The van der Waals surface area contributed by atoms with Crippen LogP contribution in [-0.2, 0) is 6.42 Å². The molecule has 5 nitrogen and oxygen atoms in total. The van der Waals surface area contributed by atoms with Crippen LogP contribution in [0.4, 0.5) is 11.8 Å². The van der Waals surface area contributed by atoms with Crippen molar-refractivity contribution in [1.82, 2.24) is 9.97 Å². The van der Waals surface area contributed by atoms with Crippen LogP contribution in [0.3, 0.4) is 0 Å². The molecular weight excluding hydrogens is 284 g/mol. The molecule has 0 aromatic carbocycles. The molecule has 2 N–H and O–H groups in total. The maximum absolute atomic E-state index is 9.28. The molecule has 3 heterocycles. The number of nitrogens with one attached hydrogen (secondary N) is 1. The lowest BCUT2D eigenvalue weighted by atomic mass is 9.98. The maximum atomic E-state index is 9.28. The largest absolute Gasteiger partial charge is 0.396 e. The van der Waals surface area contributed by atoms with Gasteiger partial charge in [-0.25, -0.2) is 4.98 Å². The number of piperidine rings is 1. The van der Waals surface area contributed by atoms with E-state index in [1.54, 1.807) is 11.3 Å². The monoisotopic (exact) mass is 306 g/mol. The van der Waals surface area contributed by atoms with Crippen molar-refractivity contribution in [1.29, 1.82) is 0 Å². The van der Waals surface area contributed by atoms with Crippen molar-refractivity contribution >= 4 is 33.3 Å². The summed E-state index contributed by atoms with van der Waals surface area (Å²) >= 11 is 1.75. The third-order valence-electron chi connectivity index (χ3n) is 4.17. The molecule has 0 amide bonds. The van der Waals surface area contributed by atoms with Crippen LogP contribution in [0.5, 0.6) is 0 Å². The molecule has 114 valence electrons. The summed E-state index contributed by atoms with van der Waals surface area (Å²) in [6, 6.07) is 2.23. The Kier molecular flexibility index (Phi) is 4.26. The van der Waals surface area contributed by atoms with Gasteiger partial charge in [0.05, 0.1) is 5.39 Å². The zero-order valence-corrected chi connectivity index (χ0v) is 13.4. The van der Waals surface area contributed by atoms with E-state index in [4.69, 9.17) is 0 Å². The summed E-state index contributed by atoms with van der Waals surface area (Å²) in [4.78, 5) is 14.0. The summed E-state index contributed by atoms with van der Waals surface area (Å²) in [5, 5.41) is 13.5. The molecule has 6 heteroatoms. The van der Waals surface area contributed by atoms with E-state index >= 15 is 0 Å². The molecule has 21 heavy (non-hydrogen) atoms. The first-order valence-electron chi connectivity index (χ1n) is 7.59. The predicted molar refractivity (Wildman–Crippen MR) is 88.4 cm³/mol. The molecule has 1 aliphatic rings. The fourth-order valence-electron chi connectivity index (χ4n) is 2.81. The molecular formula is C15H22N4OS. The number of rotatable bonds is 4. The van der Waals surface area contributed by atoms with Gasteiger partial charge in [-0.1, -0.05) is 6.92 Å². The van der Waals surface area contributed by atoms with Crippen molar-refractivity contribution in [2.75, 3.05) is 37.0 Å². The second kappa shape index (κ2) is 6.15. The number of anilines is 2. The molecule has 2 aromatic rings. The van der Waals surface area contributed by atoms with Gasteiger partial charge in [-0.2, -0.15) is 4.98 Å². The maximum Gasteiger partial charge on any atom is 0.225 e. The van der Waals surface area contributed by atoms with Gasteiger partial charge in [0, 0.05) is 31.6 Å². The van der Waals surface area contributed by atoms with Crippen LogP contribution < -0.4 is 10.2 Å². The average Bonchev–Trinajstić information content (AvgIpc) is 2.97. The zero-order chi connectivity index (χ0) is 14.8. The smallest absolute Gasteiger partial charge is 0.225 e. The summed E-state index contributed by atoms with van der Waals surface area (Å²) in [5.41, 5.74) is 0. The highest BCUT2D eigenvalue weighted by Gasteiger charge is 2.22. The number of aliphatic hydroxyl groups is 1. The highest BCUT2D eigenvalue weighted by atomic mass is 32.1. The second-order valence-electron chi connectivity index (χ2n) is 5.52. The number of aryl methyl sites for hydroxylation is 1. The molecule has 1 fully saturated rings. The van der Waals surface area contributed by atoms with Crippen LogP contribution in [-0.4, -0.2) is 41.8 Å². The molecule has 0 bridgehead atoms. The lowest BCUT2D eigenvalue weighted by molar-refractivity contribution is 0.203. The van der Waals surface area contributed by atoms with Gasteiger partial charge in [-0.3, -0.25) is 0 Å². The fourth-order valence-corrected chi connectivity index (χ4v) is 3.77. The normalized spacial score (nSPS) is 16.6. The summed E-state index contributed by atoms with van der Waals surface area (Å²) in [6.45, 7) is 4.38. The minimum Gasteiger partial charge on any atom is -0.396 e. The van der Waals surface area contributed by atoms with E-state index in [1.165, 1.54) is 10.3 Å². The Morgan fingerprint density at radius 1 is 1.38 bits per heavy atom. The summed E-state index contributed by atoms with van der Waals surface area (Å²) in [5.74, 6) is 2.17. The van der Waals surface area contributed by atoms with E-state index in [2.05, 4.69) is 33.2 Å². The van der Waals surface area contributed by atoms with Crippen molar-refractivity contribution < 1.29 is 5.11 Å². The standard InChI is InChI=1S/C15H22N4OS/c1-3-11-8-12-13(17-15(16-2)18-14(12)21-11)19-6-4-10(9-20)5-7-19/h8,10,20H,3-7,9H2,1-2H3,(H,16,17,18). The number of hydrogen-bond donors (Lipinski definition) is 2. The van der Waals surface area contributed by atoms with Gasteiger partial charge >= 0.3 is 0 Å². The Morgan fingerprint density at radius 2 is 2.14 bits per heavy atom. The molecule has 2 aromatic heterocycles. The van der Waals surface area contributed by atoms with Crippen LogP contribution in [0.25, 0.3) is 10.2 Å². The SMILES string of the molecule is CCc1cc2c(N3CCC(CO)CC3)nc(NC)nc2s1. The van der Waals surface area contributed by atoms with E-state index in [1.807, 2.05) is 7.05 Å². The highest BCUT2D eigenvalue weighted by Crippen LogP contribution is 2.34. The first-order chi connectivity index (χ1) is 10.2. The first-order valence-corrected chi connectivity index (χ1v) is 8.40. The van der Waals surface area contributed by atoms with Crippen LogP contribution in [0.1, 0.15) is 24.6 Å². The summed E-state index contributed by atoms with van der Waals surface area (Å²) < 4.78 is 0. The molecule has 1 aliphatic heterocycles. The van der Waals surface area contributed by atoms with Crippen molar-refractivity contribution in [3.8, 4) is 0 Å². The van der Waals surface area contributed by atoms with Gasteiger partial charge in [-0.15, -0.1) is 11.3 Å². The van der Waals surface area contributed by atoms with E-state index in [0.29, 0.717) is 18.5 Å². The minimum absolute atomic E-state index is 0.299. The number of thiophene rings is 1. The van der Waals surface area contributed by atoms with Gasteiger partial charge < -0.3 is 15.3 Å². The van der Waals surface area contributed by atoms with Gasteiger partial charge in [0.15, 0.2) is 0 Å². The summed E-state index contributed by atoms with van der Waals surface area (Å²) in [6.07, 6.45) is 3.09. The Balaban J connectivity index is 1.98. The highest BCUT2D eigenvalue weighted by molar-refractivity contribution is 7.18. The number of hydrogen-bond acceptors (Lipinski definition) is 6. The van der Waals surface area contributed by atoms with Crippen LogP contribution >= 0.6 is 11.3 Å². The van der Waals surface area contributed by atoms with Gasteiger partial charge in [-0.05, 0) is 31.2 Å². The predicted octanol–water partition coefficient (Wildman–Crippen LogP) is 2.50. The summed E-state index contributed by atoms with van der Waals surface area (Å²) in [7, 11) is 1.86. The average molecular weight is 306 g/mol. The molecule has 0 atom stereocenters. The topological polar surface area (TPSA) is 61.3 Å². The number of nitrogens with zero attached hydrogens (tertiary/aromatic N) is 3. The molecule has 0 spiro atoms. The Labute approximate surface area is 129 Å². The number of aliphatic hydroxyl groups excluding tert-OH is 1. The third-order valence-corrected chi connectivity index (χ3v) is 5.34. The van der Waals surface area contributed by atoms with Crippen LogP contribution in [0.15, 0.2) is 6.07 Å². The van der Waals surface area contributed by atoms with Gasteiger partial charge in [0.25, 0.3) is 0 Å². The third kappa shape index (κ3) is 2.82. The number of fused-ring (bicyclic) bond motifs is 1. The Morgan fingerprint density at radius 3 is 2.76 bits per heavy atom. The quantitative estimate of drug-likeness (QED) is 0.909. The van der Waals surface area contributed by atoms with Crippen molar-refractivity contribution in [3.05, 3.63) is 10.9 Å². The van der Waals surface area contributed by atoms with Crippen molar-refractivity contribution in [2.24, 2.45) is 5.92 Å². The fraction of sp³-hybridized carbons (Fsp3) is 0.600. The lowest BCUT2D eigenvalue weighted by Gasteiger charge is -2.32. The molecule has 0 radical (unpaired) electrons. The molecule has 0 saturated carbocycles. The Bertz CT molecular complexity index is 619. The molecule has 0 aliphatic carbocycles. The van der Waals surface area contributed by atoms with Gasteiger partial charge in [0.1, 0.15) is 10.6 Å². The number of aromatic nitrogens is 2. The van der Waals surface area contributed by atoms with E-state index in [9.17, 15) is 5.11 Å². The molecule has 3 rings (SSSR count). The Hall–Kier alpha value is -1.40. The lowest BCUT2D eigenvalue weighted by Crippen LogP contribution is -2.35. The van der Waals surface area contributed by atoms with Gasteiger partial charge in [0.2, 0.25) is 5.95 Å². The van der Waals surface area contributed by atoms with Crippen molar-refractivity contribution in [2.45, 2.75) is 26.2 Å². The van der Waals surface area contributed by atoms with Crippen LogP contribution in [0.2, 0.25) is 0 Å². The molecule has 1 saturated heterocycles. The van der Waals surface area contributed by atoms with Crippen LogP contribution in [0, 0.1) is 5.92 Å². The van der Waals surface area contributed by atoms with Crippen molar-refractivity contribution in [3.63, 3.8) is 0 Å². The second-order valence-corrected chi connectivity index (χ2v) is 6.63. The van der Waals surface area contributed by atoms with E-state index < -0.39 is 0 Å². The molecule has 0 unspecified atom stereocenters. The first kappa shape index (κ1) is 14.5. The minimum atomic E-state index is 0.299. The zero-order valence-electron chi connectivity index (χ0n) is 12.6.